The van der Waals surface area contributed by atoms with Crippen LogP contribution < -0.4 is 5.43 Å². The average Bonchev–Trinajstić information content (AvgIpc) is 2.90. The number of hydrazone groups is 1. The molecule has 0 aliphatic rings. The third kappa shape index (κ3) is 3.56. The summed E-state index contributed by atoms with van der Waals surface area (Å²) < 4.78 is 0.992. The van der Waals surface area contributed by atoms with Crippen LogP contribution in [0.1, 0.15) is 5.56 Å². The summed E-state index contributed by atoms with van der Waals surface area (Å²) in [5.41, 5.74) is 6.03. The highest BCUT2D eigenvalue weighted by atomic mass is 79.9. The van der Waals surface area contributed by atoms with E-state index in [1.807, 2.05) is 60.7 Å². The zero-order valence-electron chi connectivity index (χ0n) is 11.0. The maximum absolute atomic E-state index is 4.56. The van der Waals surface area contributed by atoms with Crippen LogP contribution in [0.4, 0.5) is 5.13 Å². The van der Waals surface area contributed by atoms with Crippen LogP contribution in [0.5, 0.6) is 0 Å². The van der Waals surface area contributed by atoms with E-state index in [0.29, 0.717) is 0 Å². The van der Waals surface area contributed by atoms with E-state index >= 15 is 0 Å². The van der Waals surface area contributed by atoms with Crippen LogP contribution in [-0.4, -0.2) is 11.2 Å². The van der Waals surface area contributed by atoms with E-state index in [-0.39, 0.29) is 0 Å². The number of rotatable bonds is 4. The van der Waals surface area contributed by atoms with Crippen molar-refractivity contribution in [2.24, 2.45) is 5.10 Å². The Bertz CT molecular complexity index is 739. The second kappa shape index (κ2) is 6.65. The summed E-state index contributed by atoms with van der Waals surface area (Å²) in [6.45, 7) is 0. The molecule has 3 nitrogen and oxygen atoms in total. The fraction of sp³-hybridized carbons (Fsp3) is 0. The Morgan fingerprint density at radius 2 is 1.67 bits per heavy atom. The molecule has 1 heterocycles. The molecule has 0 bridgehead atoms. The molecule has 0 aliphatic heterocycles. The fourth-order valence-electron chi connectivity index (χ4n) is 1.82. The molecule has 3 aromatic rings. The van der Waals surface area contributed by atoms with Gasteiger partial charge in [-0.05, 0) is 21.5 Å². The fourth-order valence-corrected chi connectivity index (χ4v) is 3.27. The third-order valence-corrected chi connectivity index (χ3v) is 4.42. The van der Waals surface area contributed by atoms with Gasteiger partial charge in [-0.1, -0.05) is 72.0 Å². The molecule has 0 spiro atoms. The lowest BCUT2D eigenvalue weighted by atomic mass is 10.2. The molecule has 1 N–H and O–H groups in total. The van der Waals surface area contributed by atoms with Gasteiger partial charge in [-0.3, -0.25) is 5.43 Å². The molecule has 2 aromatic carbocycles. The first-order valence-electron chi connectivity index (χ1n) is 6.39. The first-order valence-corrected chi connectivity index (χ1v) is 8.00. The minimum absolute atomic E-state index is 0.757. The van der Waals surface area contributed by atoms with Crippen LogP contribution in [0.25, 0.3) is 11.3 Å². The molecule has 1 aromatic heterocycles. The van der Waals surface area contributed by atoms with Gasteiger partial charge < -0.3 is 0 Å². The molecule has 0 amide bonds. The second-order valence-corrected chi connectivity index (χ2v) is 6.61. The molecule has 3 rings (SSSR count). The molecule has 5 heteroatoms. The minimum atomic E-state index is 0.757. The van der Waals surface area contributed by atoms with Gasteiger partial charge in [0.1, 0.15) is 0 Å². The maximum atomic E-state index is 4.56. The standard InChI is InChI=1S/C16H12BrN3S/c17-15-14(13-9-5-2-6-10-13)19-16(21-15)20-18-11-12-7-3-1-4-8-12/h1-11H,(H,19,20)/b18-11-. The van der Waals surface area contributed by atoms with Crippen molar-refractivity contribution in [3.63, 3.8) is 0 Å². The topological polar surface area (TPSA) is 37.3 Å². The van der Waals surface area contributed by atoms with Gasteiger partial charge in [0.15, 0.2) is 0 Å². The minimum Gasteiger partial charge on any atom is -0.253 e. The van der Waals surface area contributed by atoms with Crippen molar-refractivity contribution in [1.29, 1.82) is 0 Å². The van der Waals surface area contributed by atoms with Crippen molar-refractivity contribution in [3.05, 3.63) is 70.0 Å². The lowest BCUT2D eigenvalue weighted by Gasteiger charge is -1.96. The highest BCUT2D eigenvalue weighted by molar-refractivity contribution is 9.11. The number of hydrogen-bond donors (Lipinski definition) is 1. The van der Waals surface area contributed by atoms with Crippen molar-refractivity contribution in [2.45, 2.75) is 0 Å². The number of halogens is 1. The van der Waals surface area contributed by atoms with Gasteiger partial charge in [0, 0.05) is 5.56 Å². The van der Waals surface area contributed by atoms with Crippen molar-refractivity contribution >= 4 is 38.6 Å². The summed E-state index contributed by atoms with van der Waals surface area (Å²) in [6.07, 6.45) is 1.78. The van der Waals surface area contributed by atoms with E-state index in [0.717, 1.165) is 25.7 Å². The zero-order valence-corrected chi connectivity index (χ0v) is 13.4. The van der Waals surface area contributed by atoms with Crippen LogP contribution >= 0.6 is 27.3 Å². The molecule has 21 heavy (non-hydrogen) atoms. The predicted molar refractivity (Wildman–Crippen MR) is 92.9 cm³/mol. The number of aromatic nitrogens is 1. The molecule has 0 saturated heterocycles. The Kier molecular flexibility index (Phi) is 4.43. The van der Waals surface area contributed by atoms with Gasteiger partial charge >= 0.3 is 0 Å². The number of nitrogens with one attached hydrogen (secondary N) is 1. The molecule has 0 fully saturated rings. The summed E-state index contributed by atoms with van der Waals surface area (Å²) in [4.78, 5) is 4.56. The number of benzene rings is 2. The van der Waals surface area contributed by atoms with Crippen LogP contribution in [0.3, 0.4) is 0 Å². The van der Waals surface area contributed by atoms with Crippen molar-refractivity contribution in [1.82, 2.24) is 4.98 Å². The maximum Gasteiger partial charge on any atom is 0.205 e. The molecule has 0 aliphatic carbocycles. The summed E-state index contributed by atoms with van der Waals surface area (Å²) >= 11 is 5.08. The number of anilines is 1. The van der Waals surface area contributed by atoms with E-state index < -0.39 is 0 Å². The Labute approximate surface area is 135 Å². The third-order valence-electron chi connectivity index (χ3n) is 2.81. The van der Waals surface area contributed by atoms with Gasteiger partial charge in [-0.15, -0.1) is 0 Å². The Morgan fingerprint density at radius 3 is 2.38 bits per heavy atom. The van der Waals surface area contributed by atoms with E-state index in [1.54, 1.807) is 6.21 Å². The molecule has 0 unspecified atom stereocenters. The van der Waals surface area contributed by atoms with Crippen LogP contribution in [0, 0.1) is 0 Å². The van der Waals surface area contributed by atoms with Gasteiger partial charge in [0.05, 0.1) is 15.7 Å². The summed E-state index contributed by atoms with van der Waals surface area (Å²) in [5, 5.41) is 4.97. The molecule has 104 valence electrons. The SMILES string of the molecule is Brc1sc(N/N=C\c2ccccc2)nc1-c1ccccc1. The summed E-state index contributed by atoms with van der Waals surface area (Å²) in [6, 6.07) is 20.0. The Morgan fingerprint density at radius 1 is 1.00 bits per heavy atom. The smallest absolute Gasteiger partial charge is 0.205 e. The van der Waals surface area contributed by atoms with Gasteiger partial charge in [0.2, 0.25) is 5.13 Å². The highest BCUT2D eigenvalue weighted by Gasteiger charge is 2.09. The van der Waals surface area contributed by atoms with Gasteiger partial charge in [0.25, 0.3) is 0 Å². The monoisotopic (exact) mass is 357 g/mol. The average molecular weight is 358 g/mol. The second-order valence-electron chi connectivity index (χ2n) is 4.29. The number of hydrogen-bond acceptors (Lipinski definition) is 4. The van der Waals surface area contributed by atoms with E-state index in [9.17, 15) is 0 Å². The molecule has 0 atom stereocenters. The lowest BCUT2D eigenvalue weighted by molar-refractivity contribution is 1.29. The summed E-state index contributed by atoms with van der Waals surface area (Å²) in [7, 11) is 0. The Balaban J connectivity index is 1.75. The molecular formula is C16H12BrN3S. The Hall–Kier alpha value is -1.98. The quantitative estimate of drug-likeness (QED) is 0.525. The van der Waals surface area contributed by atoms with E-state index in [4.69, 9.17) is 0 Å². The first-order chi connectivity index (χ1) is 10.3. The lowest BCUT2D eigenvalue weighted by Crippen LogP contribution is -1.89. The van der Waals surface area contributed by atoms with Gasteiger partial charge in [-0.25, -0.2) is 4.98 Å². The van der Waals surface area contributed by atoms with Crippen molar-refractivity contribution < 1.29 is 0 Å². The van der Waals surface area contributed by atoms with Crippen LogP contribution in [0.15, 0.2) is 69.6 Å². The predicted octanol–water partition coefficient (Wildman–Crippen LogP) is 5.02. The highest BCUT2D eigenvalue weighted by Crippen LogP contribution is 2.35. The van der Waals surface area contributed by atoms with E-state index in [2.05, 4.69) is 31.4 Å². The molecular weight excluding hydrogens is 346 g/mol. The zero-order chi connectivity index (χ0) is 14.5. The number of nitrogens with zero attached hydrogens (tertiary/aromatic N) is 2. The first kappa shape index (κ1) is 14.0. The van der Waals surface area contributed by atoms with Crippen LogP contribution in [0.2, 0.25) is 0 Å². The van der Waals surface area contributed by atoms with Crippen molar-refractivity contribution in [3.8, 4) is 11.3 Å². The van der Waals surface area contributed by atoms with E-state index in [1.165, 1.54) is 11.3 Å². The summed E-state index contributed by atoms with van der Waals surface area (Å²) in [5.74, 6) is 0. The van der Waals surface area contributed by atoms with Crippen molar-refractivity contribution in [2.75, 3.05) is 5.43 Å². The largest absolute Gasteiger partial charge is 0.253 e. The van der Waals surface area contributed by atoms with Crippen LogP contribution in [-0.2, 0) is 0 Å². The normalized spacial score (nSPS) is 10.9. The molecule has 0 radical (unpaired) electrons. The molecule has 0 saturated carbocycles. The number of thiazole rings is 1. The van der Waals surface area contributed by atoms with Gasteiger partial charge in [-0.2, -0.15) is 5.10 Å².